The van der Waals surface area contributed by atoms with Gasteiger partial charge in [0.05, 0.1) is 6.61 Å². The number of unbranched alkanes of at least 4 members (excludes halogenated alkanes) is 2. The molecule has 116 valence electrons. The van der Waals surface area contributed by atoms with E-state index in [1.165, 1.54) is 29.5 Å². The van der Waals surface area contributed by atoms with Crippen molar-refractivity contribution in [3.05, 3.63) is 72.6 Å². The van der Waals surface area contributed by atoms with E-state index in [1.54, 1.807) is 0 Å². The first-order valence-electron chi connectivity index (χ1n) is 7.99. The standard InChI is InChI=1S/C20H25NO/c1-3-4-8-14-22-17(2)21-16-18-10-9-13-20(15-18)19-11-6-5-7-12-19/h5-7,9-13,15,21H,2-4,8,14,16H2,1H3. The van der Waals surface area contributed by atoms with Crippen LogP contribution in [-0.4, -0.2) is 6.61 Å². The van der Waals surface area contributed by atoms with Gasteiger partial charge in [0, 0.05) is 6.54 Å². The Morgan fingerprint density at radius 2 is 1.77 bits per heavy atom. The molecule has 0 aliphatic heterocycles. The highest BCUT2D eigenvalue weighted by Gasteiger charge is 2.00. The molecule has 2 nitrogen and oxygen atoms in total. The molecule has 0 fully saturated rings. The van der Waals surface area contributed by atoms with Gasteiger partial charge >= 0.3 is 0 Å². The molecule has 22 heavy (non-hydrogen) atoms. The maximum atomic E-state index is 5.58. The molecule has 0 heterocycles. The van der Waals surface area contributed by atoms with Crippen LogP contribution in [0, 0.1) is 0 Å². The van der Waals surface area contributed by atoms with Crippen LogP contribution in [0.5, 0.6) is 0 Å². The predicted molar refractivity (Wildman–Crippen MR) is 93.3 cm³/mol. The third-order valence-corrected chi connectivity index (χ3v) is 3.55. The monoisotopic (exact) mass is 295 g/mol. The molecule has 0 aliphatic carbocycles. The summed E-state index contributed by atoms with van der Waals surface area (Å²) in [5, 5.41) is 3.24. The summed E-state index contributed by atoms with van der Waals surface area (Å²) in [7, 11) is 0. The largest absolute Gasteiger partial charge is 0.480 e. The number of nitrogens with one attached hydrogen (secondary N) is 1. The molecule has 0 spiro atoms. The van der Waals surface area contributed by atoms with E-state index < -0.39 is 0 Å². The smallest absolute Gasteiger partial charge is 0.179 e. The van der Waals surface area contributed by atoms with Crippen LogP contribution in [0.3, 0.4) is 0 Å². The van der Waals surface area contributed by atoms with Gasteiger partial charge in [0.2, 0.25) is 0 Å². The molecular weight excluding hydrogens is 270 g/mol. The molecule has 1 N–H and O–H groups in total. The molecule has 0 saturated carbocycles. The predicted octanol–water partition coefficient (Wildman–Crippen LogP) is 5.12. The minimum absolute atomic E-state index is 0.654. The van der Waals surface area contributed by atoms with Crippen molar-refractivity contribution in [3.63, 3.8) is 0 Å². The summed E-state index contributed by atoms with van der Waals surface area (Å²) in [6.45, 7) is 7.57. The van der Waals surface area contributed by atoms with E-state index in [4.69, 9.17) is 4.74 Å². The van der Waals surface area contributed by atoms with Crippen molar-refractivity contribution in [1.29, 1.82) is 0 Å². The second kappa shape index (κ2) is 8.93. The molecule has 0 atom stereocenters. The van der Waals surface area contributed by atoms with Crippen molar-refractivity contribution in [1.82, 2.24) is 5.32 Å². The first-order valence-corrected chi connectivity index (χ1v) is 7.99. The molecule has 2 rings (SSSR count). The van der Waals surface area contributed by atoms with E-state index in [0.29, 0.717) is 5.88 Å². The molecule has 2 aromatic rings. The molecule has 0 amide bonds. The summed E-state index contributed by atoms with van der Waals surface area (Å²) in [4.78, 5) is 0. The van der Waals surface area contributed by atoms with Crippen molar-refractivity contribution in [3.8, 4) is 11.1 Å². The maximum absolute atomic E-state index is 5.58. The van der Waals surface area contributed by atoms with Crippen molar-refractivity contribution in [2.24, 2.45) is 0 Å². The Hall–Kier alpha value is -2.22. The zero-order chi connectivity index (χ0) is 15.6. The molecule has 2 heteroatoms. The molecule has 0 bridgehead atoms. The minimum Gasteiger partial charge on any atom is -0.480 e. The number of benzene rings is 2. The molecule has 2 aromatic carbocycles. The van der Waals surface area contributed by atoms with Gasteiger partial charge in [-0.25, -0.2) is 0 Å². The van der Waals surface area contributed by atoms with Gasteiger partial charge in [0.15, 0.2) is 5.88 Å². The third-order valence-electron chi connectivity index (χ3n) is 3.55. The Labute approximate surface area is 133 Å². The average Bonchev–Trinajstić information content (AvgIpc) is 2.58. The van der Waals surface area contributed by atoms with Gasteiger partial charge < -0.3 is 10.1 Å². The highest BCUT2D eigenvalue weighted by molar-refractivity contribution is 5.63. The fourth-order valence-electron chi connectivity index (χ4n) is 2.29. The number of hydrogen-bond acceptors (Lipinski definition) is 2. The van der Waals surface area contributed by atoms with E-state index in [9.17, 15) is 0 Å². The lowest BCUT2D eigenvalue weighted by Crippen LogP contribution is -2.14. The van der Waals surface area contributed by atoms with E-state index in [2.05, 4.69) is 67.4 Å². The lowest BCUT2D eigenvalue weighted by molar-refractivity contribution is 0.186. The Kier molecular flexibility index (Phi) is 6.56. The lowest BCUT2D eigenvalue weighted by atomic mass is 10.0. The van der Waals surface area contributed by atoms with Crippen LogP contribution in [0.2, 0.25) is 0 Å². The summed E-state index contributed by atoms with van der Waals surface area (Å²) in [6.07, 6.45) is 3.49. The van der Waals surface area contributed by atoms with Gasteiger partial charge in [-0.05, 0) is 35.8 Å². The van der Waals surface area contributed by atoms with Gasteiger partial charge in [-0.1, -0.05) is 68.3 Å². The Morgan fingerprint density at radius 3 is 2.55 bits per heavy atom. The zero-order valence-electron chi connectivity index (χ0n) is 13.3. The SMILES string of the molecule is C=C(NCc1cccc(-c2ccccc2)c1)OCCCCC. The minimum atomic E-state index is 0.654. The summed E-state index contributed by atoms with van der Waals surface area (Å²) < 4.78 is 5.58. The van der Waals surface area contributed by atoms with Crippen LogP contribution in [0.1, 0.15) is 31.7 Å². The Bertz CT molecular complexity index is 577. The van der Waals surface area contributed by atoms with Crippen molar-refractivity contribution in [2.75, 3.05) is 6.61 Å². The second-order valence-electron chi connectivity index (χ2n) is 5.40. The normalized spacial score (nSPS) is 10.2. The van der Waals surface area contributed by atoms with Crippen molar-refractivity contribution < 1.29 is 4.74 Å². The van der Waals surface area contributed by atoms with Crippen LogP contribution in [-0.2, 0) is 11.3 Å². The summed E-state index contributed by atoms with van der Waals surface area (Å²) in [6, 6.07) is 19.0. The van der Waals surface area contributed by atoms with Crippen LogP contribution >= 0.6 is 0 Å². The highest BCUT2D eigenvalue weighted by Crippen LogP contribution is 2.20. The number of ether oxygens (including phenoxy) is 1. The molecule has 0 radical (unpaired) electrons. The second-order valence-corrected chi connectivity index (χ2v) is 5.40. The molecule has 0 aromatic heterocycles. The molecule has 0 saturated heterocycles. The topological polar surface area (TPSA) is 21.3 Å². The van der Waals surface area contributed by atoms with E-state index in [1.807, 2.05) is 6.07 Å². The van der Waals surface area contributed by atoms with E-state index in [-0.39, 0.29) is 0 Å². The molecule has 0 aliphatic rings. The molecule has 0 unspecified atom stereocenters. The lowest BCUT2D eigenvalue weighted by Gasteiger charge is -2.12. The number of rotatable bonds is 9. The van der Waals surface area contributed by atoms with Crippen molar-refractivity contribution in [2.45, 2.75) is 32.7 Å². The average molecular weight is 295 g/mol. The van der Waals surface area contributed by atoms with Gasteiger partial charge in [0.1, 0.15) is 0 Å². The van der Waals surface area contributed by atoms with Crippen LogP contribution in [0.4, 0.5) is 0 Å². The van der Waals surface area contributed by atoms with Gasteiger partial charge in [-0.2, -0.15) is 0 Å². The summed E-state index contributed by atoms with van der Waals surface area (Å²) in [5.74, 6) is 0.654. The van der Waals surface area contributed by atoms with Crippen LogP contribution in [0.25, 0.3) is 11.1 Å². The maximum Gasteiger partial charge on any atom is 0.179 e. The van der Waals surface area contributed by atoms with Crippen LogP contribution in [0.15, 0.2) is 67.1 Å². The Balaban J connectivity index is 1.85. The Morgan fingerprint density at radius 1 is 1.00 bits per heavy atom. The van der Waals surface area contributed by atoms with Crippen LogP contribution < -0.4 is 5.32 Å². The fraction of sp³-hybridized carbons (Fsp3) is 0.300. The summed E-state index contributed by atoms with van der Waals surface area (Å²) in [5.41, 5.74) is 3.69. The zero-order valence-corrected chi connectivity index (χ0v) is 13.3. The first-order chi connectivity index (χ1) is 10.8. The molecular formula is C20H25NO. The first kappa shape index (κ1) is 16.2. The number of hydrogen-bond donors (Lipinski definition) is 1. The van der Waals surface area contributed by atoms with Gasteiger partial charge in [-0.15, -0.1) is 0 Å². The van der Waals surface area contributed by atoms with Crippen molar-refractivity contribution >= 4 is 0 Å². The van der Waals surface area contributed by atoms with E-state index in [0.717, 1.165) is 19.6 Å². The quantitative estimate of drug-likeness (QED) is 0.512. The fourth-order valence-corrected chi connectivity index (χ4v) is 2.29. The summed E-state index contributed by atoms with van der Waals surface area (Å²) >= 11 is 0. The van der Waals surface area contributed by atoms with Gasteiger partial charge in [-0.3, -0.25) is 0 Å². The third kappa shape index (κ3) is 5.28. The highest BCUT2D eigenvalue weighted by atomic mass is 16.5. The van der Waals surface area contributed by atoms with E-state index >= 15 is 0 Å². The van der Waals surface area contributed by atoms with Gasteiger partial charge in [0.25, 0.3) is 0 Å².